The number of hydrogen-bond acceptors (Lipinski definition) is 0. The second kappa shape index (κ2) is 40.0. The van der Waals surface area contributed by atoms with Crippen molar-refractivity contribution in [3.05, 3.63) is 0 Å². The monoisotopic (exact) mass is 818 g/mol. The van der Waals surface area contributed by atoms with E-state index in [-0.39, 0.29) is 182 Å². The summed E-state index contributed by atoms with van der Waals surface area (Å²) in [6.07, 6.45) is 0. The molecule has 0 unspecified atom stereocenters. The van der Waals surface area contributed by atoms with Crippen LogP contribution in [-0.4, -0.2) is 73.3 Å². The van der Waals surface area contributed by atoms with Crippen LogP contribution in [0.1, 0.15) is 0 Å². The molecule has 0 aromatic carbocycles. The smallest absolute Gasteiger partial charge is 0 e. The summed E-state index contributed by atoms with van der Waals surface area (Å²) >= 11 is 0. The second-order valence-corrected chi connectivity index (χ2v) is 0. The van der Waals surface area contributed by atoms with Crippen molar-refractivity contribution < 1.29 is 109 Å². The maximum absolute atomic E-state index is 0. The van der Waals surface area contributed by atoms with Gasteiger partial charge in [-0.2, -0.15) is 0 Å². The first-order chi connectivity index (χ1) is 0. The van der Waals surface area contributed by atoms with Crippen LogP contribution in [0.15, 0.2) is 0 Å². The van der Waals surface area contributed by atoms with Gasteiger partial charge < -0.3 is 0 Å². The van der Waals surface area contributed by atoms with Gasteiger partial charge in [0.2, 0.25) is 0 Å². The third-order valence-electron chi connectivity index (χ3n) is 0. The van der Waals surface area contributed by atoms with Crippen molar-refractivity contribution in [1.29, 1.82) is 0 Å². The van der Waals surface area contributed by atoms with E-state index in [0.717, 1.165) is 0 Å². The molecule has 0 saturated carbocycles. The Hall–Kier alpha value is 6.14. The zero-order chi connectivity index (χ0) is 0. The third-order valence-corrected chi connectivity index (χ3v) is 0. The molecule has 0 rings (SSSR count). The number of rotatable bonds is 0. The van der Waals surface area contributed by atoms with E-state index in [1.165, 1.54) is 0 Å². The normalized spacial score (nSPS) is 0. The molecule has 0 amide bonds. The minimum atomic E-state index is 0. The fourth-order valence-electron chi connectivity index (χ4n) is 0. The van der Waals surface area contributed by atoms with E-state index >= 15 is 0 Å². The van der Waals surface area contributed by atoms with Crippen LogP contribution in [0, 0.1) is 0 Å². The standard InChI is InChI=1S/4Cd.3Sb. The van der Waals surface area contributed by atoms with Crippen LogP contribution in [0.4, 0.5) is 0 Å². The summed E-state index contributed by atoms with van der Waals surface area (Å²) in [7, 11) is 0. The molecule has 0 saturated heterocycles. The molecule has 0 bridgehead atoms. The quantitative estimate of drug-likeness (QED) is 0.272. The Balaban J connectivity index is 0. The minimum absolute atomic E-state index is 0. The van der Waals surface area contributed by atoms with Gasteiger partial charge in [-0.05, 0) is 0 Å². The Morgan fingerprint density at radius 3 is 0.286 bits per heavy atom. The molecule has 23 valence electrons. The zero-order valence-electron chi connectivity index (χ0n) is 4.17. The first-order valence-electron chi connectivity index (χ1n) is 0. The first kappa shape index (κ1) is 51.4. The van der Waals surface area contributed by atoms with Crippen LogP contribution in [0.5, 0.6) is 0 Å². The van der Waals surface area contributed by atoms with Crippen LogP contribution in [0.25, 0.3) is 0 Å². The van der Waals surface area contributed by atoms with Gasteiger partial charge in [-0.3, -0.25) is 0 Å². The summed E-state index contributed by atoms with van der Waals surface area (Å²) in [4.78, 5) is 0. The van der Waals surface area contributed by atoms with Crippen molar-refractivity contribution in [3.63, 3.8) is 0 Å². The Morgan fingerprint density at radius 1 is 0.286 bits per heavy atom. The summed E-state index contributed by atoms with van der Waals surface area (Å²) in [5.74, 6) is 0. The van der Waals surface area contributed by atoms with E-state index in [9.17, 15) is 0 Å². The molecule has 0 aliphatic heterocycles. The fourth-order valence-corrected chi connectivity index (χ4v) is 0. The molecule has 0 atom stereocenters. The molecule has 7 heteroatoms. The SMILES string of the molecule is [Cd].[Cd].[Cd].[Cd].[Sb].[Sb].[Sb]. The number of hydrogen-bond donors (Lipinski definition) is 0. The molecular formula is Cd4Sb3. The maximum atomic E-state index is 0. The topological polar surface area (TPSA) is 0 Å². The fraction of sp³-hybridized carbons (Fsp3) is 0. The average molecular weight is 815 g/mol. The molecule has 7 heavy (non-hydrogen) atoms. The predicted molar refractivity (Wildman–Crippen MR) is 17.3 cm³/mol. The molecule has 0 fully saturated rings. The molecule has 0 aliphatic carbocycles. The Labute approximate surface area is 177 Å². The molecule has 0 aliphatic rings. The summed E-state index contributed by atoms with van der Waals surface area (Å²) < 4.78 is 0. The molecule has 0 nitrogen and oxygen atoms in total. The Morgan fingerprint density at radius 2 is 0.286 bits per heavy atom. The van der Waals surface area contributed by atoms with Gasteiger partial charge >= 0.3 is 0 Å². The molecular weight excluding hydrogens is 815 g/mol. The Bertz CT molecular complexity index is 6.90. The molecule has 0 N–H and O–H groups in total. The maximum Gasteiger partial charge on any atom is 0 e. The molecule has 9 radical (unpaired) electrons. The van der Waals surface area contributed by atoms with Crippen LogP contribution in [-0.2, 0) is 109 Å². The van der Waals surface area contributed by atoms with Crippen LogP contribution in [0.2, 0.25) is 0 Å². The van der Waals surface area contributed by atoms with Crippen molar-refractivity contribution in [2.45, 2.75) is 0 Å². The van der Waals surface area contributed by atoms with Crippen molar-refractivity contribution in [2.24, 2.45) is 0 Å². The molecule has 0 aromatic heterocycles. The van der Waals surface area contributed by atoms with E-state index in [1.807, 2.05) is 0 Å². The van der Waals surface area contributed by atoms with E-state index in [2.05, 4.69) is 0 Å². The summed E-state index contributed by atoms with van der Waals surface area (Å²) in [6.45, 7) is 0. The van der Waals surface area contributed by atoms with Gasteiger partial charge in [0.05, 0.1) is 0 Å². The molecule has 0 spiro atoms. The van der Waals surface area contributed by atoms with E-state index in [4.69, 9.17) is 0 Å². The third kappa shape index (κ3) is 33.1. The van der Waals surface area contributed by atoms with Crippen LogP contribution in [0.3, 0.4) is 0 Å². The largest absolute Gasteiger partial charge is 0 e. The second-order valence-electron chi connectivity index (χ2n) is 0. The van der Waals surface area contributed by atoms with E-state index < -0.39 is 0 Å². The average Bonchev–Trinajstić information content (AvgIpc) is 0. The Kier molecular flexibility index (Phi) is 293. The van der Waals surface area contributed by atoms with E-state index in [0.29, 0.717) is 0 Å². The van der Waals surface area contributed by atoms with Crippen molar-refractivity contribution >= 4 is 73.3 Å². The molecule has 0 heterocycles. The van der Waals surface area contributed by atoms with Crippen molar-refractivity contribution in [3.8, 4) is 0 Å². The van der Waals surface area contributed by atoms with Gasteiger partial charge in [0.1, 0.15) is 0 Å². The van der Waals surface area contributed by atoms with E-state index in [1.54, 1.807) is 0 Å². The van der Waals surface area contributed by atoms with Gasteiger partial charge in [0.15, 0.2) is 0 Å². The van der Waals surface area contributed by atoms with Crippen LogP contribution >= 0.6 is 0 Å². The summed E-state index contributed by atoms with van der Waals surface area (Å²) in [5.41, 5.74) is 0. The van der Waals surface area contributed by atoms with Gasteiger partial charge in [-0.25, -0.2) is 0 Å². The van der Waals surface area contributed by atoms with Gasteiger partial charge in [0.25, 0.3) is 0 Å². The van der Waals surface area contributed by atoms with Gasteiger partial charge in [-0.15, -0.1) is 0 Å². The van der Waals surface area contributed by atoms with Crippen LogP contribution < -0.4 is 0 Å². The molecule has 0 aromatic rings. The summed E-state index contributed by atoms with van der Waals surface area (Å²) in [6, 6.07) is 0. The minimum Gasteiger partial charge on any atom is 0 e. The van der Waals surface area contributed by atoms with Gasteiger partial charge in [0, 0.05) is 182 Å². The zero-order valence-corrected chi connectivity index (χ0v) is 28.0. The predicted octanol–water partition coefficient (Wildman–Crippen LogP) is -1.15. The van der Waals surface area contributed by atoms with Crippen molar-refractivity contribution in [2.75, 3.05) is 0 Å². The van der Waals surface area contributed by atoms with Gasteiger partial charge in [-0.1, -0.05) is 0 Å². The summed E-state index contributed by atoms with van der Waals surface area (Å²) in [5, 5.41) is 0. The van der Waals surface area contributed by atoms with Crippen molar-refractivity contribution in [1.82, 2.24) is 0 Å². The first-order valence-corrected chi connectivity index (χ1v) is 0.